The van der Waals surface area contributed by atoms with E-state index in [4.69, 9.17) is 16.6 Å². The number of aliphatic carboxylic acids is 2. The summed E-state index contributed by atoms with van der Waals surface area (Å²) in [6.45, 7) is 0. The van der Waals surface area contributed by atoms with Crippen LogP contribution in [0.4, 0.5) is 0 Å². The number of carbonyl (C=O) groups is 6. The third-order valence-corrected chi connectivity index (χ3v) is 6.08. The molecule has 0 aromatic carbocycles. The van der Waals surface area contributed by atoms with E-state index in [-0.39, 0.29) is 38.5 Å². The van der Waals surface area contributed by atoms with Crippen LogP contribution in [0.15, 0.2) is 0 Å². The van der Waals surface area contributed by atoms with Gasteiger partial charge in [0.05, 0.1) is 6.04 Å². The van der Waals surface area contributed by atoms with Crippen LogP contribution >= 0.6 is 23.5 Å². The first-order chi connectivity index (χ1) is 16.4. The van der Waals surface area contributed by atoms with E-state index in [1.165, 1.54) is 23.5 Å². The fourth-order valence-electron chi connectivity index (χ4n) is 2.79. The van der Waals surface area contributed by atoms with Crippen molar-refractivity contribution in [2.24, 2.45) is 11.5 Å². The lowest BCUT2D eigenvalue weighted by Gasteiger charge is -2.25. The minimum atomic E-state index is -1.28. The lowest BCUT2D eigenvalue weighted by Crippen LogP contribution is -2.57. The van der Waals surface area contributed by atoms with E-state index in [9.17, 15) is 33.9 Å². The van der Waals surface area contributed by atoms with Crippen molar-refractivity contribution in [1.29, 1.82) is 0 Å². The number of nitrogens with two attached hydrogens (primary N) is 2. The predicted octanol–water partition coefficient (Wildman–Crippen LogP) is -1.51. The standard InChI is InChI=1S/C20H35N5O8S2/c1-34-9-7-13(19(31)25-14(20(32)33)8-10-35-2)24-18(30)12(4-5-15(22)26)23-17(29)11(21)3-6-16(27)28/h11-14H,3-10,21H2,1-2H3,(H2,22,26)(H,23,29)(H,24,30)(H,25,31)(H,27,28)(H,32,33). The molecule has 0 fully saturated rings. The van der Waals surface area contributed by atoms with Gasteiger partial charge in [-0.25, -0.2) is 4.79 Å². The van der Waals surface area contributed by atoms with Gasteiger partial charge < -0.3 is 37.6 Å². The molecule has 9 N–H and O–H groups in total. The average molecular weight is 538 g/mol. The molecule has 15 heteroatoms. The van der Waals surface area contributed by atoms with Crippen molar-refractivity contribution in [2.45, 2.75) is 62.7 Å². The summed E-state index contributed by atoms with van der Waals surface area (Å²) < 4.78 is 0. The third-order valence-electron chi connectivity index (χ3n) is 4.79. The molecule has 4 unspecified atom stereocenters. The molecule has 35 heavy (non-hydrogen) atoms. The normalized spacial score (nSPS) is 14.1. The molecule has 0 bridgehead atoms. The van der Waals surface area contributed by atoms with Gasteiger partial charge >= 0.3 is 11.9 Å². The minimum absolute atomic E-state index is 0.170. The van der Waals surface area contributed by atoms with E-state index in [0.717, 1.165) is 0 Å². The van der Waals surface area contributed by atoms with Crippen molar-refractivity contribution in [2.75, 3.05) is 24.0 Å². The van der Waals surface area contributed by atoms with Crippen LogP contribution < -0.4 is 27.4 Å². The second kappa shape index (κ2) is 17.8. The molecule has 200 valence electrons. The van der Waals surface area contributed by atoms with Gasteiger partial charge in [-0.05, 0) is 49.7 Å². The zero-order valence-corrected chi connectivity index (χ0v) is 21.4. The summed E-state index contributed by atoms with van der Waals surface area (Å²) in [7, 11) is 0. The summed E-state index contributed by atoms with van der Waals surface area (Å²) in [5.41, 5.74) is 10.8. The number of carbonyl (C=O) groups excluding carboxylic acids is 4. The maximum Gasteiger partial charge on any atom is 0.326 e. The monoisotopic (exact) mass is 537 g/mol. The van der Waals surface area contributed by atoms with Crippen LogP contribution in [0.1, 0.15) is 38.5 Å². The van der Waals surface area contributed by atoms with Crippen molar-refractivity contribution in [3.8, 4) is 0 Å². The van der Waals surface area contributed by atoms with Crippen molar-refractivity contribution >= 4 is 59.1 Å². The molecule has 0 saturated carbocycles. The molecule has 0 aliphatic heterocycles. The first kappa shape index (κ1) is 32.5. The van der Waals surface area contributed by atoms with E-state index in [0.29, 0.717) is 11.5 Å². The summed E-state index contributed by atoms with van der Waals surface area (Å²) in [5, 5.41) is 25.4. The van der Waals surface area contributed by atoms with Gasteiger partial charge in [0.15, 0.2) is 0 Å². The van der Waals surface area contributed by atoms with E-state index < -0.39 is 59.7 Å². The molecular formula is C20H35N5O8S2. The Labute approximate surface area is 212 Å². The Morgan fingerprint density at radius 3 is 1.63 bits per heavy atom. The summed E-state index contributed by atoms with van der Waals surface area (Å²) >= 11 is 2.84. The zero-order valence-electron chi connectivity index (χ0n) is 19.8. The van der Waals surface area contributed by atoms with Crippen LogP contribution in [-0.4, -0.2) is 94.0 Å². The average Bonchev–Trinajstić information content (AvgIpc) is 2.79. The van der Waals surface area contributed by atoms with E-state index in [1.807, 2.05) is 0 Å². The fraction of sp³-hybridized carbons (Fsp3) is 0.700. The first-order valence-corrected chi connectivity index (χ1v) is 13.6. The number of primary amides is 1. The van der Waals surface area contributed by atoms with Crippen LogP contribution in [-0.2, 0) is 28.8 Å². The van der Waals surface area contributed by atoms with Gasteiger partial charge in [0.1, 0.15) is 18.1 Å². The van der Waals surface area contributed by atoms with Crippen LogP contribution in [0.5, 0.6) is 0 Å². The summed E-state index contributed by atoms with van der Waals surface area (Å²) in [4.78, 5) is 71.5. The number of nitrogens with one attached hydrogen (secondary N) is 3. The number of hydrogen-bond acceptors (Lipinski definition) is 9. The van der Waals surface area contributed by atoms with Crippen molar-refractivity contribution in [3.05, 3.63) is 0 Å². The number of carboxylic acid groups (broad SMARTS) is 2. The third kappa shape index (κ3) is 14.5. The lowest BCUT2D eigenvalue weighted by atomic mass is 10.1. The molecule has 0 radical (unpaired) electrons. The molecule has 0 heterocycles. The summed E-state index contributed by atoms with van der Waals surface area (Å²) in [6.07, 6.45) is 3.02. The van der Waals surface area contributed by atoms with Gasteiger partial charge in [-0.2, -0.15) is 23.5 Å². The minimum Gasteiger partial charge on any atom is -0.481 e. The van der Waals surface area contributed by atoms with E-state index in [1.54, 1.807) is 12.5 Å². The molecule has 0 rings (SSSR count). The molecule has 0 aromatic rings. The number of carboxylic acids is 2. The number of amides is 4. The summed E-state index contributed by atoms with van der Waals surface area (Å²) in [6, 6.07) is -4.72. The second-order valence-corrected chi connectivity index (χ2v) is 9.60. The fourth-order valence-corrected chi connectivity index (χ4v) is 3.73. The lowest BCUT2D eigenvalue weighted by molar-refractivity contribution is -0.142. The Bertz CT molecular complexity index is 755. The molecular weight excluding hydrogens is 502 g/mol. The summed E-state index contributed by atoms with van der Waals surface area (Å²) in [5.74, 6) is -4.38. The van der Waals surface area contributed by atoms with Crippen LogP contribution in [0, 0.1) is 0 Å². The maximum absolute atomic E-state index is 12.9. The molecule has 0 aliphatic carbocycles. The van der Waals surface area contributed by atoms with Crippen LogP contribution in [0.3, 0.4) is 0 Å². The molecule has 0 aliphatic rings. The Morgan fingerprint density at radius 2 is 1.17 bits per heavy atom. The van der Waals surface area contributed by atoms with Gasteiger partial charge in [-0.3, -0.25) is 24.0 Å². The largest absolute Gasteiger partial charge is 0.481 e. The highest BCUT2D eigenvalue weighted by Gasteiger charge is 2.30. The SMILES string of the molecule is CSCCC(NC(=O)C(CCSC)NC(=O)C(CCC(N)=O)NC(=O)C(N)CCC(=O)O)C(=O)O. The molecule has 4 atom stereocenters. The highest BCUT2D eigenvalue weighted by molar-refractivity contribution is 7.98. The molecule has 13 nitrogen and oxygen atoms in total. The van der Waals surface area contributed by atoms with Gasteiger partial charge in [0.25, 0.3) is 0 Å². The highest BCUT2D eigenvalue weighted by Crippen LogP contribution is 2.07. The smallest absolute Gasteiger partial charge is 0.326 e. The zero-order chi connectivity index (χ0) is 27.0. The highest BCUT2D eigenvalue weighted by atomic mass is 32.2. The van der Waals surface area contributed by atoms with Gasteiger partial charge in [-0.1, -0.05) is 0 Å². The Kier molecular flexibility index (Phi) is 16.6. The Balaban J connectivity index is 5.47. The Morgan fingerprint density at radius 1 is 0.714 bits per heavy atom. The van der Waals surface area contributed by atoms with Gasteiger partial charge in [0.2, 0.25) is 23.6 Å². The second-order valence-electron chi connectivity index (χ2n) is 7.63. The van der Waals surface area contributed by atoms with Crippen LogP contribution in [0.25, 0.3) is 0 Å². The molecule has 4 amide bonds. The van der Waals surface area contributed by atoms with Crippen molar-refractivity contribution < 1.29 is 39.0 Å². The van der Waals surface area contributed by atoms with E-state index >= 15 is 0 Å². The number of rotatable bonds is 19. The van der Waals surface area contributed by atoms with Gasteiger partial charge in [-0.15, -0.1) is 0 Å². The van der Waals surface area contributed by atoms with E-state index in [2.05, 4.69) is 16.0 Å². The first-order valence-electron chi connectivity index (χ1n) is 10.8. The maximum atomic E-state index is 12.9. The van der Waals surface area contributed by atoms with Crippen molar-refractivity contribution in [3.63, 3.8) is 0 Å². The predicted molar refractivity (Wildman–Crippen MR) is 133 cm³/mol. The van der Waals surface area contributed by atoms with Crippen molar-refractivity contribution in [1.82, 2.24) is 16.0 Å². The number of hydrogen-bond donors (Lipinski definition) is 7. The number of thioether (sulfide) groups is 2. The molecule has 0 spiro atoms. The van der Waals surface area contributed by atoms with Gasteiger partial charge in [0, 0.05) is 12.8 Å². The molecule has 0 aromatic heterocycles. The Hall–Kier alpha value is -2.52. The molecule has 0 saturated heterocycles. The quantitative estimate of drug-likeness (QED) is 0.100. The van der Waals surface area contributed by atoms with Crippen LogP contribution in [0.2, 0.25) is 0 Å². The topological polar surface area (TPSA) is 231 Å².